The van der Waals surface area contributed by atoms with Crippen LogP contribution in [0.3, 0.4) is 0 Å². The minimum Gasteiger partial charge on any atom is -0.299 e. The van der Waals surface area contributed by atoms with Crippen molar-refractivity contribution in [3.05, 3.63) is 0 Å². The van der Waals surface area contributed by atoms with E-state index in [1.807, 2.05) is 0 Å². The first-order valence-corrected chi connectivity index (χ1v) is 8.93. The molecule has 20 heavy (non-hydrogen) atoms. The summed E-state index contributed by atoms with van der Waals surface area (Å²) in [5.74, 6) is 3.11. The van der Waals surface area contributed by atoms with Crippen LogP contribution in [-0.2, 0) is 0 Å². The zero-order chi connectivity index (χ0) is 13.9. The van der Waals surface area contributed by atoms with Crippen molar-refractivity contribution in [3.8, 4) is 6.07 Å². The second-order valence-electron chi connectivity index (χ2n) is 7.61. The van der Waals surface area contributed by atoms with Crippen LogP contribution in [0.1, 0.15) is 64.7 Å². The smallest absolute Gasteiger partial charge is 0.0672 e. The fourth-order valence-electron chi connectivity index (χ4n) is 4.07. The van der Waals surface area contributed by atoms with Gasteiger partial charge in [-0.1, -0.05) is 19.8 Å². The molecule has 2 nitrogen and oxygen atoms in total. The summed E-state index contributed by atoms with van der Waals surface area (Å²) in [4.78, 5) is 2.76. The van der Waals surface area contributed by atoms with Crippen molar-refractivity contribution < 1.29 is 0 Å². The van der Waals surface area contributed by atoms with E-state index in [2.05, 4.69) is 17.9 Å². The number of hydrogen-bond acceptors (Lipinski definition) is 2. The molecule has 3 rings (SSSR count). The first-order valence-electron chi connectivity index (χ1n) is 8.93. The van der Waals surface area contributed by atoms with Crippen LogP contribution < -0.4 is 0 Å². The first kappa shape index (κ1) is 14.4. The Bertz CT molecular complexity index is 337. The molecule has 0 aromatic heterocycles. The molecular formula is C18H30N2. The fourth-order valence-corrected chi connectivity index (χ4v) is 4.07. The normalized spacial score (nSPS) is 34.1. The van der Waals surface area contributed by atoms with Crippen LogP contribution in [0.25, 0.3) is 0 Å². The van der Waals surface area contributed by atoms with Crippen molar-refractivity contribution in [2.45, 2.75) is 70.8 Å². The Balaban J connectivity index is 1.64. The van der Waals surface area contributed by atoms with Crippen molar-refractivity contribution in [1.29, 1.82) is 5.26 Å². The first-order chi connectivity index (χ1) is 9.80. The van der Waals surface area contributed by atoms with Crippen molar-refractivity contribution in [3.63, 3.8) is 0 Å². The monoisotopic (exact) mass is 274 g/mol. The molecule has 3 unspecified atom stereocenters. The zero-order valence-electron chi connectivity index (χ0n) is 13.1. The highest BCUT2D eigenvalue weighted by molar-refractivity contribution is 4.99. The molecule has 0 amide bonds. The van der Waals surface area contributed by atoms with E-state index in [0.29, 0.717) is 12.0 Å². The molecule has 3 aliphatic carbocycles. The molecular weight excluding hydrogens is 244 g/mol. The molecule has 0 aromatic rings. The maximum absolute atomic E-state index is 9.55. The van der Waals surface area contributed by atoms with Gasteiger partial charge in [0.15, 0.2) is 0 Å². The SMILES string of the molecule is CCCC1CCC(C#N)C(N(CC2CC2)CC2CC2)C1. The molecule has 0 aromatic carbocycles. The molecule has 0 saturated heterocycles. The van der Waals surface area contributed by atoms with Gasteiger partial charge >= 0.3 is 0 Å². The Morgan fingerprint density at radius 2 is 1.55 bits per heavy atom. The summed E-state index contributed by atoms with van der Waals surface area (Å²) in [7, 11) is 0. The molecule has 3 atom stereocenters. The number of nitrogens with zero attached hydrogens (tertiary/aromatic N) is 2. The Hall–Kier alpha value is -0.550. The largest absolute Gasteiger partial charge is 0.299 e. The average Bonchev–Trinajstić information content (AvgIpc) is 3.34. The van der Waals surface area contributed by atoms with Gasteiger partial charge in [-0.3, -0.25) is 4.90 Å². The summed E-state index contributed by atoms with van der Waals surface area (Å²) >= 11 is 0. The fraction of sp³-hybridized carbons (Fsp3) is 0.944. The third-order valence-electron chi connectivity index (χ3n) is 5.64. The molecule has 0 radical (unpaired) electrons. The van der Waals surface area contributed by atoms with Gasteiger partial charge in [-0.2, -0.15) is 5.26 Å². The summed E-state index contributed by atoms with van der Waals surface area (Å²) in [5.41, 5.74) is 0. The van der Waals surface area contributed by atoms with E-state index >= 15 is 0 Å². The maximum atomic E-state index is 9.55. The highest BCUT2D eigenvalue weighted by Gasteiger charge is 2.38. The van der Waals surface area contributed by atoms with Gasteiger partial charge in [0.1, 0.15) is 0 Å². The van der Waals surface area contributed by atoms with Gasteiger partial charge in [-0.25, -0.2) is 0 Å². The summed E-state index contributed by atoms with van der Waals surface area (Å²) in [6, 6.07) is 3.22. The predicted octanol–water partition coefficient (Wildman–Crippen LogP) is 4.22. The molecule has 0 aliphatic heterocycles. The van der Waals surface area contributed by atoms with Crippen LogP contribution in [-0.4, -0.2) is 24.0 Å². The second kappa shape index (κ2) is 6.48. The maximum Gasteiger partial charge on any atom is 0.0672 e. The minimum absolute atomic E-state index is 0.306. The van der Waals surface area contributed by atoms with Gasteiger partial charge in [0, 0.05) is 19.1 Å². The van der Waals surface area contributed by atoms with Crippen LogP contribution in [0.4, 0.5) is 0 Å². The van der Waals surface area contributed by atoms with E-state index < -0.39 is 0 Å². The third-order valence-corrected chi connectivity index (χ3v) is 5.64. The quantitative estimate of drug-likeness (QED) is 0.695. The van der Waals surface area contributed by atoms with Crippen molar-refractivity contribution >= 4 is 0 Å². The van der Waals surface area contributed by atoms with E-state index in [9.17, 15) is 5.26 Å². The van der Waals surface area contributed by atoms with Gasteiger partial charge < -0.3 is 0 Å². The van der Waals surface area contributed by atoms with Gasteiger partial charge in [-0.15, -0.1) is 0 Å². The van der Waals surface area contributed by atoms with Crippen molar-refractivity contribution in [1.82, 2.24) is 4.90 Å². The van der Waals surface area contributed by atoms with Crippen LogP contribution in [0.2, 0.25) is 0 Å². The van der Waals surface area contributed by atoms with E-state index in [1.165, 1.54) is 64.5 Å². The van der Waals surface area contributed by atoms with Gasteiger partial charge in [0.2, 0.25) is 0 Å². The molecule has 3 fully saturated rings. The van der Waals surface area contributed by atoms with Crippen molar-refractivity contribution in [2.24, 2.45) is 23.7 Å². The van der Waals surface area contributed by atoms with Crippen LogP contribution >= 0.6 is 0 Å². The summed E-state index contributed by atoms with van der Waals surface area (Å²) < 4.78 is 0. The molecule has 0 N–H and O–H groups in total. The van der Waals surface area contributed by atoms with Gasteiger partial charge in [0.25, 0.3) is 0 Å². The van der Waals surface area contributed by atoms with Gasteiger partial charge in [0.05, 0.1) is 12.0 Å². The molecule has 0 heterocycles. The summed E-state index contributed by atoms with van der Waals surface area (Å²) in [5, 5.41) is 9.55. The lowest BCUT2D eigenvalue weighted by atomic mass is 9.76. The predicted molar refractivity (Wildman–Crippen MR) is 82.2 cm³/mol. The minimum atomic E-state index is 0.306. The van der Waals surface area contributed by atoms with E-state index in [-0.39, 0.29) is 0 Å². The number of hydrogen-bond donors (Lipinski definition) is 0. The van der Waals surface area contributed by atoms with E-state index in [4.69, 9.17) is 0 Å². The lowest BCUT2D eigenvalue weighted by molar-refractivity contribution is 0.0889. The highest BCUT2D eigenvalue weighted by Crippen LogP contribution is 2.40. The number of nitriles is 1. The second-order valence-corrected chi connectivity index (χ2v) is 7.61. The lowest BCUT2D eigenvalue weighted by Gasteiger charge is -2.40. The molecule has 112 valence electrons. The lowest BCUT2D eigenvalue weighted by Crippen LogP contribution is -2.46. The molecule has 3 aliphatic rings. The molecule has 3 saturated carbocycles. The Kier molecular flexibility index (Phi) is 4.66. The Morgan fingerprint density at radius 1 is 0.950 bits per heavy atom. The summed E-state index contributed by atoms with van der Waals surface area (Å²) in [6.45, 7) is 4.88. The van der Waals surface area contributed by atoms with Crippen molar-refractivity contribution in [2.75, 3.05) is 13.1 Å². The van der Waals surface area contributed by atoms with Crippen LogP contribution in [0.15, 0.2) is 0 Å². The highest BCUT2D eigenvalue weighted by atomic mass is 15.2. The third kappa shape index (κ3) is 3.76. The zero-order valence-corrected chi connectivity index (χ0v) is 13.1. The summed E-state index contributed by atoms with van der Waals surface area (Å²) in [6.07, 6.45) is 12.2. The Labute approximate surface area is 124 Å². The molecule has 0 bridgehead atoms. The molecule has 2 heteroatoms. The van der Waals surface area contributed by atoms with E-state index in [0.717, 1.165) is 24.2 Å². The molecule has 0 spiro atoms. The standard InChI is InChI=1S/C18H30N2/c1-2-3-14-8-9-17(11-19)18(10-14)20(12-15-4-5-15)13-16-6-7-16/h14-18H,2-10,12-13H2,1H3. The average molecular weight is 274 g/mol. The van der Waals surface area contributed by atoms with Crippen LogP contribution in [0, 0.1) is 35.0 Å². The topological polar surface area (TPSA) is 27.0 Å². The van der Waals surface area contributed by atoms with Gasteiger partial charge in [-0.05, 0) is 62.7 Å². The van der Waals surface area contributed by atoms with Crippen LogP contribution in [0.5, 0.6) is 0 Å². The Morgan fingerprint density at radius 3 is 2.05 bits per heavy atom. The van der Waals surface area contributed by atoms with E-state index in [1.54, 1.807) is 0 Å². The number of rotatable bonds is 7.